The molecular weight excluding hydrogens is 440 g/mol. The maximum Gasteiger partial charge on any atom is 0.234 e. The molecule has 0 fully saturated rings. The second-order valence-electron chi connectivity index (χ2n) is 6.50. The number of hydrogen-bond acceptors (Lipinski definition) is 7. The van der Waals surface area contributed by atoms with Crippen molar-refractivity contribution in [1.82, 2.24) is 19.7 Å². The highest BCUT2D eigenvalue weighted by Crippen LogP contribution is 2.39. The number of halogens is 1. The highest BCUT2D eigenvalue weighted by molar-refractivity contribution is 7.99. The fourth-order valence-corrected chi connectivity index (χ4v) is 5.06. The van der Waals surface area contributed by atoms with E-state index in [-0.39, 0.29) is 11.7 Å². The molecule has 0 spiro atoms. The minimum Gasteiger partial charge on any atom is -0.397 e. The van der Waals surface area contributed by atoms with Crippen molar-refractivity contribution in [1.29, 1.82) is 0 Å². The number of rotatable bonds is 6. The average Bonchev–Trinajstić information content (AvgIpc) is 3.30. The van der Waals surface area contributed by atoms with Gasteiger partial charge in [0.2, 0.25) is 5.91 Å². The van der Waals surface area contributed by atoms with Gasteiger partial charge in [-0.15, -0.1) is 21.5 Å². The third-order valence-corrected chi connectivity index (χ3v) is 7.12. The van der Waals surface area contributed by atoms with E-state index < -0.39 is 0 Å². The fraction of sp³-hybridized carbons (Fsp3) is 0.200. The molecule has 0 aliphatic rings. The highest BCUT2D eigenvalue weighted by atomic mass is 35.5. The summed E-state index contributed by atoms with van der Waals surface area (Å²) in [4.78, 5) is 18.5. The number of pyridine rings is 1. The molecule has 0 saturated heterocycles. The van der Waals surface area contributed by atoms with Crippen molar-refractivity contribution in [2.24, 2.45) is 0 Å². The van der Waals surface area contributed by atoms with E-state index in [1.807, 2.05) is 42.7 Å². The zero-order chi connectivity index (χ0) is 21.3. The molecule has 0 aliphatic carbocycles. The molecule has 3 aromatic heterocycles. The van der Waals surface area contributed by atoms with Gasteiger partial charge in [-0.1, -0.05) is 29.4 Å². The van der Waals surface area contributed by atoms with Gasteiger partial charge in [-0.25, -0.2) is 4.98 Å². The molecule has 4 aromatic rings. The van der Waals surface area contributed by atoms with Crippen LogP contribution >= 0.6 is 34.7 Å². The normalized spacial score (nSPS) is 11.2. The molecule has 7 nitrogen and oxygen atoms in total. The predicted octanol–water partition coefficient (Wildman–Crippen LogP) is 4.85. The van der Waals surface area contributed by atoms with E-state index in [1.54, 1.807) is 12.3 Å². The van der Waals surface area contributed by atoms with Crippen molar-refractivity contribution in [3.63, 3.8) is 0 Å². The van der Waals surface area contributed by atoms with Gasteiger partial charge in [0.1, 0.15) is 4.83 Å². The number of thiophene rings is 1. The summed E-state index contributed by atoms with van der Waals surface area (Å²) in [5.74, 6) is 0.753. The first-order chi connectivity index (χ1) is 14.5. The number of nitrogens with zero attached hydrogens (tertiary/aromatic N) is 4. The Balaban J connectivity index is 1.53. The van der Waals surface area contributed by atoms with Gasteiger partial charge < -0.3 is 15.6 Å². The largest absolute Gasteiger partial charge is 0.397 e. The number of carbonyl (C=O) groups excluding carboxylic acids is 1. The first-order valence-corrected chi connectivity index (χ1v) is 11.4. The first kappa shape index (κ1) is 20.6. The van der Waals surface area contributed by atoms with Crippen molar-refractivity contribution in [2.75, 3.05) is 16.8 Å². The number of aromatic nitrogens is 4. The number of nitrogen functional groups attached to an aromatic ring is 1. The number of carbonyl (C=O) groups is 1. The van der Waals surface area contributed by atoms with E-state index in [0.29, 0.717) is 33.9 Å². The van der Waals surface area contributed by atoms with Crippen LogP contribution in [0.4, 0.5) is 11.4 Å². The van der Waals surface area contributed by atoms with Gasteiger partial charge in [0, 0.05) is 28.8 Å². The van der Waals surface area contributed by atoms with Gasteiger partial charge in [-0.2, -0.15) is 0 Å². The predicted molar refractivity (Wildman–Crippen MR) is 124 cm³/mol. The number of benzene rings is 1. The Morgan fingerprint density at radius 3 is 2.90 bits per heavy atom. The Morgan fingerprint density at radius 1 is 1.30 bits per heavy atom. The summed E-state index contributed by atoms with van der Waals surface area (Å²) in [6, 6.07) is 9.24. The molecule has 30 heavy (non-hydrogen) atoms. The summed E-state index contributed by atoms with van der Waals surface area (Å²) in [6.45, 7) is 4.53. The topological polar surface area (TPSA) is 98.7 Å². The number of hydrogen-bond donors (Lipinski definition) is 2. The summed E-state index contributed by atoms with van der Waals surface area (Å²) in [7, 11) is 0. The Morgan fingerprint density at radius 2 is 2.13 bits per heavy atom. The number of amides is 1. The molecular formula is C20H19ClN6OS2. The van der Waals surface area contributed by atoms with Crippen LogP contribution < -0.4 is 11.1 Å². The van der Waals surface area contributed by atoms with E-state index in [9.17, 15) is 4.79 Å². The first-order valence-electron chi connectivity index (χ1n) is 9.24. The minimum absolute atomic E-state index is 0.136. The Labute approximate surface area is 186 Å². The lowest BCUT2D eigenvalue weighted by atomic mass is 10.2. The monoisotopic (exact) mass is 458 g/mol. The Hall–Kier alpha value is -2.62. The molecule has 1 amide bonds. The van der Waals surface area contributed by atoms with Crippen molar-refractivity contribution in [3.05, 3.63) is 47.1 Å². The molecule has 0 saturated carbocycles. The van der Waals surface area contributed by atoms with Crippen molar-refractivity contribution in [2.45, 2.75) is 25.5 Å². The smallest absolute Gasteiger partial charge is 0.234 e. The van der Waals surface area contributed by atoms with Gasteiger partial charge in [0.25, 0.3) is 0 Å². The quantitative estimate of drug-likeness (QED) is 0.401. The molecule has 154 valence electrons. The second kappa shape index (κ2) is 8.63. The van der Waals surface area contributed by atoms with Crippen molar-refractivity contribution >= 4 is 62.2 Å². The molecule has 0 bridgehead atoms. The number of thioether (sulfide) groups is 1. The summed E-state index contributed by atoms with van der Waals surface area (Å²) >= 11 is 8.94. The van der Waals surface area contributed by atoms with Crippen molar-refractivity contribution in [3.8, 4) is 10.7 Å². The molecule has 4 rings (SSSR count). The Bertz CT molecular complexity index is 1240. The molecule has 3 heterocycles. The van der Waals surface area contributed by atoms with Gasteiger partial charge in [0.15, 0.2) is 11.0 Å². The lowest BCUT2D eigenvalue weighted by Gasteiger charge is -2.10. The van der Waals surface area contributed by atoms with Crippen LogP contribution in [-0.4, -0.2) is 31.4 Å². The van der Waals surface area contributed by atoms with Crippen LogP contribution in [0.25, 0.3) is 20.9 Å². The van der Waals surface area contributed by atoms with Crippen LogP contribution in [0.2, 0.25) is 5.02 Å². The zero-order valence-corrected chi connectivity index (χ0v) is 18.7. The summed E-state index contributed by atoms with van der Waals surface area (Å²) in [5, 5.41) is 13.7. The molecule has 0 atom stereocenters. The van der Waals surface area contributed by atoms with Crippen LogP contribution in [0.3, 0.4) is 0 Å². The third-order valence-electron chi connectivity index (χ3n) is 4.61. The number of anilines is 2. The molecule has 10 heteroatoms. The molecule has 0 radical (unpaired) electrons. The maximum absolute atomic E-state index is 12.4. The average molecular weight is 459 g/mol. The Kier molecular flexibility index (Phi) is 5.94. The van der Waals surface area contributed by atoms with E-state index in [0.717, 1.165) is 20.7 Å². The van der Waals surface area contributed by atoms with Crippen molar-refractivity contribution < 1.29 is 4.79 Å². The molecule has 3 N–H and O–H groups in total. The lowest BCUT2D eigenvalue weighted by Crippen LogP contribution is -2.15. The molecule has 0 unspecified atom stereocenters. The SMILES string of the molecule is CCn1c(SCC(=O)Nc2cccc(Cl)c2C)nnc1-c1sc2ncccc2c1N. The van der Waals surface area contributed by atoms with E-state index >= 15 is 0 Å². The summed E-state index contributed by atoms with van der Waals surface area (Å²) in [5.41, 5.74) is 8.54. The molecule has 0 aliphatic heterocycles. The van der Waals surface area contributed by atoms with E-state index in [1.165, 1.54) is 23.1 Å². The zero-order valence-electron chi connectivity index (χ0n) is 16.3. The third kappa shape index (κ3) is 3.88. The van der Waals surface area contributed by atoms with Crippen LogP contribution in [0.1, 0.15) is 12.5 Å². The summed E-state index contributed by atoms with van der Waals surface area (Å²) in [6.07, 6.45) is 1.74. The molecule has 1 aromatic carbocycles. The number of nitrogens with one attached hydrogen (secondary N) is 1. The van der Waals surface area contributed by atoms with Gasteiger partial charge in [-0.3, -0.25) is 4.79 Å². The van der Waals surface area contributed by atoms with Gasteiger partial charge in [-0.05, 0) is 43.7 Å². The van der Waals surface area contributed by atoms with Gasteiger partial charge >= 0.3 is 0 Å². The standard InChI is InChI=1S/C20H19ClN6OS2/c1-3-27-18(17-16(22)12-6-5-9-23-19(12)30-17)25-26-20(27)29-10-15(28)24-14-8-4-7-13(21)11(14)2/h4-9H,3,10,22H2,1-2H3,(H,24,28). The van der Waals surface area contributed by atoms with E-state index in [4.69, 9.17) is 17.3 Å². The number of nitrogens with two attached hydrogens (primary N) is 1. The van der Waals surface area contributed by atoms with Gasteiger partial charge in [0.05, 0.1) is 16.3 Å². The maximum atomic E-state index is 12.4. The highest BCUT2D eigenvalue weighted by Gasteiger charge is 2.20. The van der Waals surface area contributed by atoms with Crippen LogP contribution in [-0.2, 0) is 11.3 Å². The number of fused-ring (bicyclic) bond motifs is 1. The summed E-state index contributed by atoms with van der Waals surface area (Å²) < 4.78 is 1.96. The second-order valence-corrected chi connectivity index (χ2v) is 8.85. The van der Waals surface area contributed by atoms with E-state index in [2.05, 4.69) is 20.5 Å². The lowest BCUT2D eigenvalue weighted by molar-refractivity contribution is -0.113. The van der Waals surface area contributed by atoms with Crippen LogP contribution in [0.5, 0.6) is 0 Å². The van der Waals surface area contributed by atoms with Crippen LogP contribution in [0.15, 0.2) is 41.7 Å². The fourth-order valence-electron chi connectivity index (χ4n) is 3.02. The minimum atomic E-state index is -0.136. The van der Waals surface area contributed by atoms with Crippen LogP contribution in [0, 0.1) is 6.92 Å².